The van der Waals surface area contributed by atoms with Crippen LogP contribution < -0.4 is 4.90 Å². The highest BCUT2D eigenvalue weighted by Gasteiger charge is 2.16. The first-order valence-corrected chi connectivity index (χ1v) is 8.08. The Kier molecular flexibility index (Phi) is 4.19. The lowest BCUT2D eigenvalue weighted by Gasteiger charge is -2.27. The Morgan fingerprint density at radius 3 is 2.50 bits per heavy atom. The SMILES string of the molecule is O=C(c1ccc(Br)cc1)c1ccc(N2CCOCC2)s1. The molecule has 1 aliphatic heterocycles. The normalized spacial score (nSPS) is 15.3. The molecule has 1 aromatic heterocycles. The third-order valence-corrected chi connectivity index (χ3v) is 4.92. The summed E-state index contributed by atoms with van der Waals surface area (Å²) in [6, 6.07) is 11.4. The first kappa shape index (κ1) is 13.8. The molecule has 2 heterocycles. The monoisotopic (exact) mass is 351 g/mol. The molecule has 104 valence electrons. The number of carbonyl (C=O) groups is 1. The van der Waals surface area contributed by atoms with Gasteiger partial charge in [0, 0.05) is 23.1 Å². The molecule has 3 nitrogen and oxygen atoms in total. The van der Waals surface area contributed by atoms with Gasteiger partial charge in [0.15, 0.2) is 0 Å². The maximum absolute atomic E-state index is 12.4. The third kappa shape index (κ3) is 2.95. The highest BCUT2D eigenvalue weighted by molar-refractivity contribution is 9.10. The van der Waals surface area contributed by atoms with E-state index in [1.54, 1.807) is 11.3 Å². The van der Waals surface area contributed by atoms with Crippen molar-refractivity contribution in [1.29, 1.82) is 0 Å². The van der Waals surface area contributed by atoms with Gasteiger partial charge in [-0.1, -0.05) is 15.9 Å². The number of hydrogen-bond acceptors (Lipinski definition) is 4. The minimum Gasteiger partial charge on any atom is -0.378 e. The second-order valence-corrected chi connectivity index (χ2v) is 6.55. The minimum atomic E-state index is 0.0852. The summed E-state index contributed by atoms with van der Waals surface area (Å²) < 4.78 is 6.33. The Morgan fingerprint density at radius 1 is 1.10 bits per heavy atom. The van der Waals surface area contributed by atoms with Crippen LogP contribution in [-0.2, 0) is 4.74 Å². The van der Waals surface area contributed by atoms with Crippen molar-refractivity contribution < 1.29 is 9.53 Å². The molecule has 1 aliphatic rings. The Morgan fingerprint density at radius 2 is 1.80 bits per heavy atom. The number of thiophene rings is 1. The summed E-state index contributed by atoms with van der Waals surface area (Å²) in [7, 11) is 0. The van der Waals surface area contributed by atoms with E-state index in [1.807, 2.05) is 36.4 Å². The lowest BCUT2D eigenvalue weighted by atomic mass is 10.1. The molecule has 0 spiro atoms. The molecule has 0 bridgehead atoms. The number of carbonyl (C=O) groups excluding carboxylic acids is 1. The molecule has 5 heteroatoms. The third-order valence-electron chi connectivity index (χ3n) is 3.24. The molecule has 1 fully saturated rings. The molecule has 1 saturated heterocycles. The summed E-state index contributed by atoms with van der Waals surface area (Å²) in [4.78, 5) is 15.5. The van der Waals surface area contributed by atoms with E-state index in [9.17, 15) is 4.79 Å². The molecule has 20 heavy (non-hydrogen) atoms. The van der Waals surface area contributed by atoms with Crippen molar-refractivity contribution in [1.82, 2.24) is 0 Å². The summed E-state index contributed by atoms with van der Waals surface area (Å²) in [5.74, 6) is 0.0852. The Hall–Kier alpha value is -1.17. The fourth-order valence-electron chi connectivity index (χ4n) is 2.15. The largest absolute Gasteiger partial charge is 0.378 e. The molecule has 1 aromatic carbocycles. The standard InChI is InChI=1S/C15H14BrNO2S/c16-12-3-1-11(2-4-12)15(18)13-5-6-14(20-13)17-7-9-19-10-8-17/h1-6H,7-10H2. The second-order valence-electron chi connectivity index (χ2n) is 4.57. The maximum Gasteiger partial charge on any atom is 0.203 e. The molecule has 0 amide bonds. The topological polar surface area (TPSA) is 29.5 Å². The molecule has 0 N–H and O–H groups in total. The predicted octanol–water partition coefficient (Wildman–Crippen LogP) is 3.58. The first-order valence-electron chi connectivity index (χ1n) is 6.47. The van der Waals surface area contributed by atoms with Gasteiger partial charge in [-0.3, -0.25) is 4.79 Å². The van der Waals surface area contributed by atoms with Gasteiger partial charge in [0.05, 0.1) is 23.1 Å². The van der Waals surface area contributed by atoms with Crippen molar-refractivity contribution in [3.05, 3.63) is 51.3 Å². The first-order chi connectivity index (χ1) is 9.74. The van der Waals surface area contributed by atoms with E-state index >= 15 is 0 Å². The van der Waals surface area contributed by atoms with Crippen molar-refractivity contribution in [3.8, 4) is 0 Å². The number of ketones is 1. The van der Waals surface area contributed by atoms with Crippen LogP contribution in [0, 0.1) is 0 Å². The zero-order valence-corrected chi connectivity index (χ0v) is 13.2. The van der Waals surface area contributed by atoms with E-state index in [4.69, 9.17) is 4.74 Å². The van der Waals surface area contributed by atoms with Crippen LogP contribution in [-0.4, -0.2) is 32.1 Å². The number of halogens is 1. The van der Waals surface area contributed by atoms with Gasteiger partial charge in [0.1, 0.15) is 0 Å². The summed E-state index contributed by atoms with van der Waals surface area (Å²) in [6.07, 6.45) is 0. The molecule has 0 unspecified atom stereocenters. The van der Waals surface area contributed by atoms with Gasteiger partial charge in [0.25, 0.3) is 0 Å². The van der Waals surface area contributed by atoms with E-state index in [2.05, 4.69) is 20.8 Å². The highest BCUT2D eigenvalue weighted by Crippen LogP contribution is 2.28. The Labute approximate surface area is 130 Å². The van der Waals surface area contributed by atoms with Crippen LogP contribution >= 0.6 is 27.3 Å². The zero-order chi connectivity index (χ0) is 13.9. The molecular formula is C15H14BrNO2S. The molecule has 0 aliphatic carbocycles. The smallest absolute Gasteiger partial charge is 0.203 e. The van der Waals surface area contributed by atoms with Gasteiger partial charge in [0.2, 0.25) is 5.78 Å². The van der Waals surface area contributed by atoms with Gasteiger partial charge >= 0.3 is 0 Å². The number of nitrogens with zero attached hydrogens (tertiary/aromatic N) is 1. The van der Waals surface area contributed by atoms with E-state index in [0.717, 1.165) is 46.2 Å². The van der Waals surface area contributed by atoms with Crippen LogP contribution in [0.1, 0.15) is 15.2 Å². The number of hydrogen-bond donors (Lipinski definition) is 0. The van der Waals surface area contributed by atoms with Gasteiger partial charge in [-0.2, -0.15) is 0 Å². The van der Waals surface area contributed by atoms with Crippen molar-refractivity contribution in [2.24, 2.45) is 0 Å². The van der Waals surface area contributed by atoms with Crippen LogP contribution in [0.2, 0.25) is 0 Å². The second kappa shape index (κ2) is 6.08. The Balaban J connectivity index is 1.78. The maximum atomic E-state index is 12.4. The number of rotatable bonds is 3. The predicted molar refractivity (Wildman–Crippen MR) is 84.9 cm³/mol. The van der Waals surface area contributed by atoms with Crippen molar-refractivity contribution >= 4 is 38.1 Å². The van der Waals surface area contributed by atoms with Crippen LogP contribution in [0.4, 0.5) is 5.00 Å². The average molecular weight is 352 g/mol. The van der Waals surface area contributed by atoms with E-state index in [0.29, 0.717) is 0 Å². The molecule has 0 saturated carbocycles. The van der Waals surface area contributed by atoms with Crippen molar-refractivity contribution in [2.75, 3.05) is 31.2 Å². The van der Waals surface area contributed by atoms with Crippen molar-refractivity contribution in [2.45, 2.75) is 0 Å². The summed E-state index contributed by atoms with van der Waals surface area (Å²) in [5, 5.41) is 1.15. The average Bonchev–Trinajstić information content (AvgIpc) is 2.98. The van der Waals surface area contributed by atoms with Gasteiger partial charge < -0.3 is 9.64 Å². The summed E-state index contributed by atoms with van der Waals surface area (Å²) >= 11 is 4.94. The number of morpholine rings is 1. The summed E-state index contributed by atoms with van der Waals surface area (Å²) in [6.45, 7) is 3.31. The lowest BCUT2D eigenvalue weighted by Crippen LogP contribution is -2.35. The molecular weight excluding hydrogens is 338 g/mol. The van der Waals surface area contributed by atoms with Crippen LogP contribution in [0.3, 0.4) is 0 Å². The van der Waals surface area contributed by atoms with Crippen LogP contribution in [0.5, 0.6) is 0 Å². The lowest BCUT2D eigenvalue weighted by molar-refractivity contribution is 0.104. The fourth-order valence-corrected chi connectivity index (χ4v) is 3.43. The van der Waals surface area contributed by atoms with Crippen LogP contribution in [0.25, 0.3) is 0 Å². The molecule has 2 aromatic rings. The fraction of sp³-hybridized carbons (Fsp3) is 0.267. The zero-order valence-electron chi connectivity index (χ0n) is 10.8. The number of ether oxygens (including phenoxy) is 1. The van der Waals surface area contributed by atoms with Crippen LogP contribution in [0.15, 0.2) is 40.9 Å². The van der Waals surface area contributed by atoms with E-state index < -0.39 is 0 Å². The highest BCUT2D eigenvalue weighted by atomic mass is 79.9. The van der Waals surface area contributed by atoms with Gasteiger partial charge in [-0.25, -0.2) is 0 Å². The molecule has 3 rings (SSSR count). The molecule has 0 atom stereocenters. The number of benzene rings is 1. The summed E-state index contributed by atoms with van der Waals surface area (Å²) in [5.41, 5.74) is 0.726. The number of anilines is 1. The van der Waals surface area contributed by atoms with Gasteiger partial charge in [-0.15, -0.1) is 11.3 Å². The molecule has 0 radical (unpaired) electrons. The van der Waals surface area contributed by atoms with E-state index in [-0.39, 0.29) is 5.78 Å². The minimum absolute atomic E-state index is 0.0852. The van der Waals surface area contributed by atoms with E-state index in [1.165, 1.54) is 0 Å². The van der Waals surface area contributed by atoms with Crippen molar-refractivity contribution in [3.63, 3.8) is 0 Å². The Bertz CT molecular complexity index is 603. The van der Waals surface area contributed by atoms with Gasteiger partial charge in [-0.05, 0) is 36.4 Å². The quantitative estimate of drug-likeness (QED) is 0.791.